The van der Waals surface area contributed by atoms with Gasteiger partial charge < -0.3 is 21.9 Å². The average Bonchev–Trinajstić information content (AvgIpc) is 2.66. The van der Waals surface area contributed by atoms with E-state index in [4.69, 9.17) is 27.3 Å². The summed E-state index contributed by atoms with van der Waals surface area (Å²) in [6.45, 7) is 6.43. The fourth-order valence-corrected chi connectivity index (χ4v) is 3.34. The first-order chi connectivity index (χ1) is 14.5. The molecule has 0 unspecified atom stereocenters. The number of nitrogens with two attached hydrogens (primary N) is 3. The number of benzene rings is 3. The van der Waals surface area contributed by atoms with Crippen LogP contribution in [0, 0.1) is 10.8 Å². The summed E-state index contributed by atoms with van der Waals surface area (Å²) in [4.78, 5) is 16.6. The second kappa shape index (κ2) is 8.47. The van der Waals surface area contributed by atoms with Gasteiger partial charge >= 0.3 is 5.97 Å². The first kappa shape index (κ1) is 21.8. The summed E-state index contributed by atoms with van der Waals surface area (Å²) in [7, 11) is 0. The van der Waals surface area contributed by atoms with Gasteiger partial charge in [0.2, 0.25) is 0 Å². The van der Waals surface area contributed by atoms with Crippen LogP contribution in [-0.2, 0) is 6.42 Å². The standard InChI is InChI=1S/C24H27N5O2/c1-24(2,3)13-17-11-19(10-15-4-5-16(21(25)26)12-20(15)17)31-22(30)14-6-8-18(9-7-14)29-23(27)28/h4-12H,13H2,1-3H3,(H3,25,26)(H4,27,28,29). The van der Waals surface area contributed by atoms with Crippen molar-refractivity contribution in [2.75, 3.05) is 0 Å². The van der Waals surface area contributed by atoms with E-state index in [1.165, 1.54) is 0 Å². The zero-order valence-electron chi connectivity index (χ0n) is 17.9. The van der Waals surface area contributed by atoms with E-state index in [9.17, 15) is 4.79 Å². The minimum Gasteiger partial charge on any atom is -0.423 e. The van der Waals surface area contributed by atoms with Crippen molar-refractivity contribution in [3.8, 4) is 5.75 Å². The van der Waals surface area contributed by atoms with Crippen LogP contribution < -0.4 is 21.9 Å². The highest BCUT2D eigenvalue weighted by molar-refractivity contribution is 6.00. The summed E-state index contributed by atoms with van der Waals surface area (Å²) in [5.41, 5.74) is 19.1. The molecular weight excluding hydrogens is 390 g/mol. The normalized spacial score (nSPS) is 11.2. The maximum Gasteiger partial charge on any atom is 0.343 e. The number of hydrogen-bond donors (Lipinski definition) is 4. The summed E-state index contributed by atoms with van der Waals surface area (Å²) in [6, 6.07) is 15.8. The van der Waals surface area contributed by atoms with Gasteiger partial charge in [-0.2, -0.15) is 0 Å². The molecule has 0 saturated heterocycles. The Morgan fingerprint density at radius 1 is 0.968 bits per heavy atom. The Balaban J connectivity index is 1.96. The van der Waals surface area contributed by atoms with Gasteiger partial charge in [0.15, 0.2) is 5.96 Å². The summed E-state index contributed by atoms with van der Waals surface area (Å²) in [5, 5.41) is 9.63. The average molecular weight is 418 g/mol. The second-order valence-corrected chi connectivity index (χ2v) is 8.64. The third kappa shape index (κ3) is 5.60. The molecule has 7 nitrogen and oxygen atoms in total. The number of nitrogens with zero attached hydrogens (tertiary/aromatic N) is 1. The first-order valence-corrected chi connectivity index (χ1v) is 9.85. The molecule has 0 saturated carbocycles. The molecule has 31 heavy (non-hydrogen) atoms. The fourth-order valence-electron chi connectivity index (χ4n) is 3.34. The van der Waals surface area contributed by atoms with E-state index < -0.39 is 5.97 Å². The van der Waals surface area contributed by atoms with Crippen molar-refractivity contribution in [1.82, 2.24) is 0 Å². The van der Waals surface area contributed by atoms with Crippen molar-refractivity contribution in [2.45, 2.75) is 27.2 Å². The van der Waals surface area contributed by atoms with Crippen molar-refractivity contribution in [3.63, 3.8) is 0 Å². The minimum atomic E-state index is -0.474. The van der Waals surface area contributed by atoms with Crippen LogP contribution in [0.15, 0.2) is 59.6 Å². The predicted molar refractivity (Wildman–Crippen MR) is 125 cm³/mol. The molecule has 3 aromatic rings. The highest BCUT2D eigenvalue weighted by atomic mass is 16.5. The molecule has 0 heterocycles. The molecule has 0 fully saturated rings. The maximum absolute atomic E-state index is 12.7. The molecule has 3 rings (SSSR count). The third-order valence-electron chi connectivity index (χ3n) is 4.62. The molecule has 0 atom stereocenters. The lowest BCUT2D eigenvalue weighted by Gasteiger charge is -2.20. The Labute approximate surface area is 181 Å². The largest absolute Gasteiger partial charge is 0.423 e. The lowest BCUT2D eigenvalue weighted by atomic mass is 9.85. The SMILES string of the molecule is CC(C)(C)Cc1cc(OC(=O)c2ccc(N=C(N)N)cc2)cc2ccc(C(=N)N)cc12. The molecule has 0 amide bonds. The van der Waals surface area contributed by atoms with Crippen molar-refractivity contribution >= 4 is 34.2 Å². The summed E-state index contributed by atoms with van der Waals surface area (Å²) in [6.07, 6.45) is 0.767. The molecule has 0 radical (unpaired) electrons. The Morgan fingerprint density at radius 3 is 2.19 bits per heavy atom. The second-order valence-electron chi connectivity index (χ2n) is 8.64. The summed E-state index contributed by atoms with van der Waals surface area (Å²) in [5.74, 6) is -0.0487. The van der Waals surface area contributed by atoms with Crippen LogP contribution in [0.4, 0.5) is 5.69 Å². The zero-order valence-corrected chi connectivity index (χ0v) is 17.9. The third-order valence-corrected chi connectivity index (χ3v) is 4.62. The lowest BCUT2D eigenvalue weighted by molar-refractivity contribution is 0.0735. The number of nitrogens with one attached hydrogen (secondary N) is 1. The Bertz CT molecular complexity index is 1170. The van der Waals surface area contributed by atoms with Gasteiger partial charge in [0.25, 0.3) is 0 Å². The van der Waals surface area contributed by atoms with Gasteiger partial charge in [0.05, 0.1) is 11.3 Å². The smallest absolute Gasteiger partial charge is 0.343 e. The van der Waals surface area contributed by atoms with Crippen LogP contribution in [0.1, 0.15) is 42.3 Å². The van der Waals surface area contributed by atoms with Gasteiger partial charge in [0.1, 0.15) is 11.6 Å². The van der Waals surface area contributed by atoms with Crippen LogP contribution in [0.2, 0.25) is 0 Å². The minimum absolute atomic E-state index is 0.0168. The molecule has 3 aromatic carbocycles. The van der Waals surface area contributed by atoms with E-state index in [2.05, 4.69) is 25.8 Å². The van der Waals surface area contributed by atoms with Gasteiger partial charge in [-0.1, -0.05) is 32.9 Å². The van der Waals surface area contributed by atoms with Crippen molar-refractivity contribution in [2.24, 2.45) is 27.6 Å². The van der Waals surface area contributed by atoms with Crippen LogP contribution in [0.3, 0.4) is 0 Å². The molecule has 7 heteroatoms. The van der Waals surface area contributed by atoms with Crippen molar-refractivity contribution in [3.05, 3.63) is 71.3 Å². The molecule has 0 aliphatic carbocycles. The monoisotopic (exact) mass is 417 g/mol. The van der Waals surface area contributed by atoms with Crippen molar-refractivity contribution in [1.29, 1.82) is 5.41 Å². The predicted octanol–water partition coefficient (Wildman–Crippen LogP) is 3.84. The van der Waals surface area contributed by atoms with Gasteiger partial charge in [0, 0.05) is 5.56 Å². The van der Waals surface area contributed by atoms with Gasteiger partial charge in [-0.3, -0.25) is 5.41 Å². The number of fused-ring (bicyclic) bond motifs is 1. The number of guanidine groups is 1. The Hall–Kier alpha value is -3.87. The van der Waals surface area contributed by atoms with E-state index in [0.29, 0.717) is 22.6 Å². The molecule has 160 valence electrons. The molecule has 0 aliphatic rings. The summed E-state index contributed by atoms with van der Waals surface area (Å²) >= 11 is 0. The Kier molecular flexibility index (Phi) is 5.97. The molecule has 0 spiro atoms. The van der Waals surface area contributed by atoms with Gasteiger partial charge in [-0.15, -0.1) is 0 Å². The van der Waals surface area contributed by atoms with Crippen molar-refractivity contribution < 1.29 is 9.53 Å². The highest BCUT2D eigenvalue weighted by Crippen LogP contribution is 2.32. The number of ether oxygens (including phenoxy) is 1. The van der Waals surface area contributed by atoms with Crippen LogP contribution in [0.25, 0.3) is 10.8 Å². The fraction of sp³-hybridized carbons (Fsp3) is 0.208. The maximum atomic E-state index is 12.7. The molecule has 7 N–H and O–H groups in total. The number of rotatable bonds is 5. The number of carbonyl (C=O) groups excluding carboxylic acids is 1. The highest BCUT2D eigenvalue weighted by Gasteiger charge is 2.17. The number of amidine groups is 1. The quantitative estimate of drug-likeness (QED) is 0.216. The summed E-state index contributed by atoms with van der Waals surface area (Å²) < 4.78 is 5.67. The first-order valence-electron chi connectivity index (χ1n) is 9.85. The van der Waals surface area contributed by atoms with Gasteiger partial charge in [-0.05, 0) is 70.6 Å². The number of hydrogen-bond acceptors (Lipinski definition) is 4. The number of aliphatic imine (C=N–C) groups is 1. The van der Waals surface area contributed by atoms with E-state index in [1.54, 1.807) is 30.3 Å². The zero-order chi connectivity index (χ0) is 22.8. The Morgan fingerprint density at radius 2 is 1.61 bits per heavy atom. The van der Waals surface area contributed by atoms with E-state index in [0.717, 1.165) is 22.8 Å². The van der Waals surface area contributed by atoms with Crippen LogP contribution in [-0.4, -0.2) is 17.8 Å². The molecular formula is C24H27N5O2. The molecule has 0 bridgehead atoms. The number of nitrogen functional groups attached to an aromatic ring is 1. The van der Waals surface area contributed by atoms with E-state index >= 15 is 0 Å². The molecule has 0 aliphatic heterocycles. The lowest BCUT2D eigenvalue weighted by Crippen LogP contribution is -2.21. The van der Waals surface area contributed by atoms with E-state index in [1.807, 2.05) is 24.3 Å². The topological polar surface area (TPSA) is 141 Å². The van der Waals surface area contributed by atoms with E-state index in [-0.39, 0.29) is 17.2 Å². The van der Waals surface area contributed by atoms with Gasteiger partial charge in [-0.25, -0.2) is 9.79 Å². The van der Waals surface area contributed by atoms with Crippen LogP contribution in [0.5, 0.6) is 5.75 Å². The number of esters is 1. The van der Waals surface area contributed by atoms with Crippen LogP contribution >= 0.6 is 0 Å². The number of carbonyl (C=O) groups is 1. The molecule has 0 aromatic heterocycles.